The normalized spacial score (nSPS) is 11.0. The lowest BCUT2D eigenvalue weighted by atomic mass is 10.0. The minimum absolute atomic E-state index is 0.111. The zero-order valence-electron chi connectivity index (χ0n) is 20.9. The van der Waals surface area contributed by atoms with Crippen LogP contribution in [0.1, 0.15) is 30.0 Å². The molecule has 185 valence electrons. The van der Waals surface area contributed by atoms with Crippen molar-refractivity contribution in [2.45, 2.75) is 39.8 Å². The molecule has 1 heterocycles. The average molecular weight is 500 g/mol. The van der Waals surface area contributed by atoms with Gasteiger partial charge in [-0.2, -0.15) is 0 Å². The fourth-order valence-corrected chi connectivity index (χ4v) is 4.73. The first-order valence-corrected chi connectivity index (χ1v) is 13.0. The lowest BCUT2D eigenvalue weighted by Crippen LogP contribution is -2.26. The first kappa shape index (κ1) is 25.6. The van der Waals surface area contributed by atoms with Gasteiger partial charge in [-0.05, 0) is 43.5 Å². The third kappa shape index (κ3) is 7.26. The van der Waals surface area contributed by atoms with Gasteiger partial charge in [-0.3, -0.25) is 4.79 Å². The Morgan fingerprint density at radius 1 is 0.972 bits per heavy atom. The third-order valence-electron chi connectivity index (χ3n) is 5.51. The van der Waals surface area contributed by atoms with Crippen LogP contribution in [-0.4, -0.2) is 30.2 Å². The van der Waals surface area contributed by atoms with Crippen LogP contribution >= 0.6 is 11.3 Å². The van der Waals surface area contributed by atoms with Gasteiger partial charge in [0.05, 0.1) is 24.9 Å². The maximum Gasteiger partial charge on any atom is 0.320 e. The summed E-state index contributed by atoms with van der Waals surface area (Å²) < 4.78 is 11.1. The molecule has 0 atom stereocenters. The predicted molar refractivity (Wildman–Crippen MR) is 145 cm³/mol. The topological polar surface area (TPSA) is 60.5 Å². The van der Waals surface area contributed by atoms with Crippen LogP contribution in [0.4, 0.5) is 0 Å². The zero-order valence-corrected chi connectivity index (χ0v) is 21.7. The van der Waals surface area contributed by atoms with Crippen LogP contribution in [0.3, 0.4) is 0 Å². The number of thiazole rings is 1. The van der Waals surface area contributed by atoms with Gasteiger partial charge in [0.15, 0.2) is 0 Å². The first-order valence-electron chi connectivity index (χ1n) is 12.1. The van der Waals surface area contributed by atoms with Crippen LogP contribution in [0.15, 0.2) is 72.8 Å². The Labute approximate surface area is 217 Å². The summed E-state index contributed by atoms with van der Waals surface area (Å²) in [5.41, 5.74) is 5.52. The van der Waals surface area contributed by atoms with Crippen molar-refractivity contribution in [2.24, 2.45) is 0 Å². The second-order valence-corrected chi connectivity index (χ2v) is 9.95. The first-order chi connectivity index (χ1) is 17.5. The Bertz CT molecular complexity index is 1270. The molecule has 1 N–H and O–H groups in total. The molecule has 0 saturated carbocycles. The molecule has 5 nitrogen and oxygen atoms in total. The summed E-state index contributed by atoms with van der Waals surface area (Å²) in [7, 11) is 0. The van der Waals surface area contributed by atoms with Gasteiger partial charge in [-0.15, -0.1) is 11.3 Å². The maximum absolute atomic E-state index is 11.7. The number of nitrogens with zero attached hydrogens (tertiary/aromatic N) is 1. The Balaban J connectivity index is 1.29. The monoisotopic (exact) mass is 499 g/mol. The molecule has 0 fully saturated rings. The van der Waals surface area contributed by atoms with Gasteiger partial charge in [-0.1, -0.05) is 66.7 Å². The van der Waals surface area contributed by atoms with Gasteiger partial charge in [0.2, 0.25) is 0 Å². The van der Waals surface area contributed by atoms with Crippen LogP contribution in [-0.2, 0) is 22.5 Å². The number of carbonyl (C=O) groups is 1. The van der Waals surface area contributed by atoms with Gasteiger partial charge >= 0.3 is 5.97 Å². The highest BCUT2D eigenvalue weighted by molar-refractivity contribution is 7.15. The smallest absolute Gasteiger partial charge is 0.320 e. The van der Waals surface area contributed by atoms with Gasteiger partial charge in [0.1, 0.15) is 10.8 Å². The van der Waals surface area contributed by atoms with Crippen LogP contribution in [0.25, 0.3) is 21.7 Å². The van der Waals surface area contributed by atoms with E-state index in [9.17, 15) is 4.79 Å². The van der Waals surface area contributed by atoms with E-state index in [0.29, 0.717) is 18.9 Å². The van der Waals surface area contributed by atoms with E-state index in [1.807, 2.05) is 38.1 Å². The Morgan fingerprint density at radius 2 is 1.69 bits per heavy atom. The van der Waals surface area contributed by atoms with Gasteiger partial charge < -0.3 is 14.8 Å². The number of aryl methyl sites for hydroxylation is 1. The molecular formula is C30H31N2O3S. The summed E-state index contributed by atoms with van der Waals surface area (Å²) in [5.74, 6) is 0.422. The molecular weight excluding hydrogens is 468 g/mol. The highest BCUT2D eigenvalue weighted by atomic mass is 32.1. The van der Waals surface area contributed by atoms with Crippen LogP contribution in [0.2, 0.25) is 0 Å². The van der Waals surface area contributed by atoms with Gasteiger partial charge in [-0.25, -0.2) is 4.98 Å². The number of hydrogen-bond acceptors (Lipinski definition) is 6. The van der Waals surface area contributed by atoms with E-state index in [2.05, 4.69) is 66.8 Å². The summed E-state index contributed by atoms with van der Waals surface area (Å²) in [6.45, 7) is 6.98. The average Bonchev–Trinajstić information content (AvgIpc) is 3.25. The number of rotatable bonds is 11. The van der Waals surface area contributed by atoms with Crippen LogP contribution in [0.5, 0.6) is 5.75 Å². The van der Waals surface area contributed by atoms with Crippen molar-refractivity contribution in [1.82, 2.24) is 10.3 Å². The molecule has 0 amide bonds. The SMILES string of the molecule is Cc1sc(-c2ccc(-c3ccccc3)cc2)nc1CCOc1[c]c(CNCC(=O)OC(C)C)ccc1. The highest BCUT2D eigenvalue weighted by Gasteiger charge is 2.11. The van der Waals surface area contributed by atoms with Gasteiger partial charge in [0, 0.05) is 29.5 Å². The minimum Gasteiger partial charge on any atom is -0.493 e. The molecule has 0 saturated heterocycles. The number of benzene rings is 3. The molecule has 4 rings (SSSR count). The molecule has 36 heavy (non-hydrogen) atoms. The fraction of sp³-hybridized carbons (Fsp3) is 0.267. The summed E-state index contributed by atoms with van der Waals surface area (Å²) in [6, 6.07) is 28.0. The molecule has 6 heteroatoms. The fourth-order valence-electron chi connectivity index (χ4n) is 3.76. The van der Waals surface area contributed by atoms with E-state index in [4.69, 9.17) is 14.5 Å². The van der Waals surface area contributed by atoms with Crippen LogP contribution in [0, 0.1) is 13.0 Å². The molecule has 0 spiro atoms. The van der Waals surface area contributed by atoms with E-state index in [-0.39, 0.29) is 18.6 Å². The number of nitrogens with one attached hydrogen (secondary N) is 1. The molecule has 0 bridgehead atoms. The standard InChI is InChI=1S/C30H31N2O3S/c1-21(2)35-29(33)20-31-19-23-8-7-11-27(18-23)34-17-16-28-22(3)36-30(32-28)26-14-12-25(13-15-26)24-9-5-4-6-10-24/h4-15,21,31H,16-17,19-20H2,1-3H3. The summed E-state index contributed by atoms with van der Waals surface area (Å²) in [6.07, 6.45) is 0.613. The van der Waals surface area contributed by atoms with E-state index >= 15 is 0 Å². The molecule has 0 unspecified atom stereocenters. The van der Waals surface area contributed by atoms with Crippen LogP contribution < -0.4 is 10.1 Å². The quantitative estimate of drug-likeness (QED) is 0.247. The van der Waals surface area contributed by atoms with Crippen molar-refractivity contribution in [2.75, 3.05) is 13.2 Å². The molecule has 0 aliphatic carbocycles. The Hall–Kier alpha value is -3.48. The maximum atomic E-state index is 11.7. The largest absolute Gasteiger partial charge is 0.493 e. The number of esters is 1. The zero-order chi connectivity index (χ0) is 25.3. The number of ether oxygens (including phenoxy) is 2. The highest BCUT2D eigenvalue weighted by Crippen LogP contribution is 2.30. The third-order valence-corrected chi connectivity index (χ3v) is 6.57. The van der Waals surface area contributed by atoms with Crippen molar-refractivity contribution in [3.05, 3.63) is 95.0 Å². The molecule has 1 aromatic heterocycles. The second kappa shape index (κ2) is 12.5. The summed E-state index contributed by atoms with van der Waals surface area (Å²) in [4.78, 5) is 17.7. The van der Waals surface area contributed by atoms with Crippen molar-refractivity contribution in [1.29, 1.82) is 0 Å². The lowest BCUT2D eigenvalue weighted by Gasteiger charge is -2.10. The van der Waals surface area contributed by atoms with E-state index in [1.54, 1.807) is 11.3 Å². The number of aromatic nitrogens is 1. The van der Waals surface area contributed by atoms with E-state index in [1.165, 1.54) is 16.0 Å². The molecule has 1 radical (unpaired) electrons. The van der Waals surface area contributed by atoms with E-state index < -0.39 is 0 Å². The summed E-state index contributed by atoms with van der Waals surface area (Å²) in [5, 5.41) is 4.11. The van der Waals surface area contributed by atoms with Crippen molar-refractivity contribution in [3.8, 4) is 27.4 Å². The molecule has 4 aromatic rings. The second-order valence-electron chi connectivity index (χ2n) is 8.75. The Kier molecular flexibility index (Phi) is 8.87. The van der Waals surface area contributed by atoms with Gasteiger partial charge in [0.25, 0.3) is 0 Å². The Morgan fingerprint density at radius 3 is 2.44 bits per heavy atom. The van der Waals surface area contributed by atoms with Crippen molar-refractivity contribution < 1.29 is 14.3 Å². The number of carbonyl (C=O) groups excluding carboxylic acids is 1. The summed E-state index contributed by atoms with van der Waals surface area (Å²) >= 11 is 1.71. The molecule has 3 aromatic carbocycles. The van der Waals surface area contributed by atoms with E-state index in [0.717, 1.165) is 28.2 Å². The molecule has 0 aliphatic heterocycles. The van der Waals surface area contributed by atoms with Crippen molar-refractivity contribution in [3.63, 3.8) is 0 Å². The lowest BCUT2D eigenvalue weighted by molar-refractivity contribution is -0.146. The minimum atomic E-state index is -0.262. The molecule has 0 aliphatic rings. The van der Waals surface area contributed by atoms with Crippen molar-refractivity contribution >= 4 is 17.3 Å². The predicted octanol–water partition coefficient (Wildman–Crippen LogP) is 6.25. The number of hydrogen-bond donors (Lipinski definition) is 1.